The third-order valence-corrected chi connectivity index (χ3v) is 8.33. The van der Waals surface area contributed by atoms with E-state index in [9.17, 15) is 9.18 Å². The van der Waals surface area contributed by atoms with Gasteiger partial charge in [-0.05, 0) is 54.0 Å². The number of aromatic nitrogens is 6. The van der Waals surface area contributed by atoms with Crippen molar-refractivity contribution < 1.29 is 9.18 Å². The Hall–Kier alpha value is -3.48. The predicted molar refractivity (Wildman–Crippen MR) is 151 cm³/mol. The molecule has 1 saturated heterocycles. The highest BCUT2D eigenvalue weighted by Crippen LogP contribution is 2.26. The first kappa shape index (κ1) is 25.8. The Kier molecular flexibility index (Phi) is 7.00. The average molecular weight is 610 g/mol. The van der Waals surface area contributed by atoms with Crippen LogP contribution in [0.4, 0.5) is 4.39 Å². The fraction of sp³-hybridized carbons (Fsp3) is 0.296. The minimum absolute atomic E-state index is 0.0454. The molecule has 1 amide bonds. The molecule has 12 heteroatoms. The van der Waals surface area contributed by atoms with Crippen LogP contribution >= 0.6 is 27.3 Å². The summed E-state index contributed by atoms with van der Waals surface area (Å²) in [6.07, 6.45) is 1.76. The lowest BCUT2D eigenvalue weighted by atomic mass is 10.1. The normalized spacial score (nSPS) is 18.2. The number of piperazine rings is 1. The van der Waals surface area contributed by atoms with E-state index in [-0.39, 0.29) is 30.4 Å². The molecule has 39 heavy (non-hydrogen) atoms. The minimum Gasteiger partial charge on any atom is -0.338 e. The van der Waals surface area contributed by atoms with E-state index in [1.54, 1.807) is 29.9 Å². The molecule has 5 aromatic rings. The highest BCUT2D eigenvalue weighted by Gasteiger charge is 2.33. The Morgan fingerprint density at radius 2 is 1.92 bits per heavy atom. The van der Waals surface area contributed by atoms with Crippen LogP contribution in [0.1, 0.15) is 19.5 Å². The number of hydrogen-bond acceptors (Lipinski definition) is 7. The van der Waals surface area contributed by atoms with Crippen LogP contribution in [0, 0.1) is 5.82 Å². The molecule has 0 saturated carbocycles. The second-order valence-electron chi connectivity index (χ2n) is 9.78. The molecule has 0 unspecified atom stereocenters. The number of amides is 1. The van der Waals surface area contributed by atoms with Crippen molar-refractivity contribution in [1.82, 2.24) is 39.3 Å². The van der Waals surface area contributed by atoms with Crippen LogP contribution in [0.25, 0.3) is 28.2 Å². The minimum atomic E-state index is -0.383. The molecule has 200 valence electrons. The standard InChI is InChI=1S/C27H26BrFN8OS/c1-17-10-34(25(38)14-36-23-8-4-3-7-21(23)31-27(36)22-15-39-16-30-22)11-18(2)35(17)12-19-13-37(33-32-19)24-9-5-6-20(28)26(24)29/h3-9,13,15-18H,10-12,14H2,1-2H3/t17-,18+. The summed E-state index contributed by atoms with van der Waals surface area (Å²) in [4.78, 5) is 27.0. The summed E-state index contributed by atoms with van der Waals surface area (Å²) < 4.78 is 18.3. The molecule has 0 radical (unpaired) electrons. The van der Waals surface area contributed by atoms with Crippen molar-refractivity contribution in [1.29, 1.82) is 0 Å². The third-order valence-electron chi connectivity index (χ3n) is 7.13. The van der Waals surface area contributed by atoms with Crippen LogP contribution in [-0.2, 0) is 17.9 Å². The van der Waals surface area contributed by atoms with Gasteiger partial charge in [0.2, 0.25) is 5.91 Å². The topological polar surface area (TPSA) is 85.0 Å². The smallest absolute Gasteiger partial charge is 0.242 e. The van der Waals surface area contributed by atoms with Gasteiger partial charge in [0.25, 0.3) is 0 Å². The van der Waals surface area contributed by atoms with Crippen LogP contribution < -0.4 is 0 Å². The highest BCUT2D eigenvalue weighted by atomic mass is 79.9. The number of halogens is 2. The number of hydrogen-bond donors (Lipinski definition) is 0. The van der Waals surface area contributed by atoms with E-state index >= 15 is 0 Å². The lowest BCUT2D eigenvalue weighted by Gasteiger charge is -2.44. The molecule has 2 atom stereocenters. The fourth-order valence-corrected chi connectivity index (χ4v) is 6.09. The van der Waals surface area contributed by atoms with E-state index in [0.29, 0.717) is 35.6 Å². The predicted octanol–water partition coefficient (Wildman–Crippen LogP) is 4.76. The maximum absolute atomic E-state index is 14.5. The average Bonchev–Trinajstić information content (AvgIpc) is 3.68. The monoisotopic (exact) mass is 608 g/mol. The molecular formula is C27H26BrFN8OS. The zero-order valence-corrected chi connectivity index (χ0v) is 23.8. The summed E-state index contributed by atoms with van der Waals surface area (Å²) in [5.41, 5.74) is 5.38. The van der Waals surface area contributed by atoms with Gasteiger partial charge in [-0.3, -0.25) is 9.69 Å². The Bertz CT molecular complexity index is 1620. The Morgan fingerprint density at radius 1 is 1.13 bits per heavy atom. The first-order valence-electron chi connectivity index (χ1n) is 12.6. The summed E-state index contributed by atoms with van der Waals surface area (Å²) >= 11 is 4.73. The van der Waals surface area contributed by atoms with Gasteiger partial charge < -0.3 is 9.47 Å². The molecule has 4 heterocycles. The van der Waals surface area contributed by atoms with Gasteiger partial charge in [0.15, 0.2) is 11.6 Å². The third kappa shape index (κ3) is 4.99. The van der Waals surface area contributed by atoms with Crippen LogP contribution in [0.15, 0.2) is 64.0 Å². The maximum Gasteiger partial charge on any atom is 0.242 e. The first-order chi connectivity index (χ1) is 18.9. The molecule has 0 spiro atoms. The van der Waals surface area contributed by atoms with Gasteiger partial charge in [-0.15, -0.1) is 16.4 Å². The second kappa shape index (κ2) is 10.6. The van der Waals surface area contributed by atoms with Crippen molar-refractivity contribution >= 4 is 44.2 Å². The summed E-state index contributed by atoms with van der Waals surface area (Å²) in [5, 5.41) is 10.4. The summed E-state index contributed by atoms with van der Waals surface area (Å²) in [7, 11) is 0. The maximum atomic E-state index is 14.5. The Balaban J connectivity index is 1.16. The van der Waals surface area contributed by atoms with Crippen LogP contribution in [-0.4, -0.2) is 70.4 Å². The number of carbonyl (C=O) groups excluding carboxylic acids is 1. The van der Waals surface area contributed by atoms with Crippen molar-refractivity contribution in [2.75, 3.05) is 13.1 Å². The summed E-state index contributed by atoms with van der Waals surface area (Å²) in [5.74, 6) is 0.367. The molecule has 6 rings (SSSR count). The Morgan fingerprint density at radius 3 is 2.69 bits per heavy atom. The van der Waals surface area contributed by atoms with Gasteiger partial charge >= 0.3 is 0 Å². The van der Waals surface area contributed by atoms with Crippen LogP contribution in [0.5, 0.6) is 0 Å². The molecule has 0 N–H and O–H groups in total. The van der Waals surface area contributed by atoms with Crippen LogP contribution in [0.3, 0.4) is 0 Å². The molecule has 0 bridgehead atoms. The number of imidazole rings is 1. The quantitative estimate of drug-likeness (QED) is 0.276. The SMILES string of the molecule is C[C@@H]1CN(C(=O)Cn2c(-c3cscn3)nc3ccccc32)C[C@H](C)N1Cc1cn(-c2cccc(Br)c2F)nn1. The number of rotatable bonds is 6. The lowest BCUT2D eigenvalue weighted by molar-refractivity contribution is -0.136. The molecule has 2 aromatic carbocycles. The molecule has 1 fully saturated rings. The fourth-order valence-electron chi connectivity index (χ4n) is 5.21. The van der Waals surface area contributed by atoms with E-state index in [0.717, 1.165) is 22.4 Å². The number of thiazole rings is 1. The van der Waals surface area contributed by atoms with Gasteiger partial charge in [-0.25, -0.2) is 19.0 Å². The van der Waals surface area contributed by atoms with Crippen molar-refractivity contribution in [2.24, 2.45) is 0 Å². The van der Waals surface area contributed by atoms with Crippen molar-refractivity contribution in [3.8, 4) is 17.2 Å². The van der Waals surface area contributed by atoms with Gasteiger partial charge in [-0.2, -0.15) is 0 Å². The number of carbonyl (C=O) groups is 1. The van der Waals surface area contributed by atoms with Gasteiger partial charge in [0.1, 0.15) is 17.9 Å². The van der Waals surface area contributed by atoms with E-state index in [1.165, 1.54) is 16.0 Å². The van der Waals surface area contributed by atoms with Crippen molar-refractivity contribution in [2.45, 2.75) is 39.0 Å². The van der Waals surface area contributed by atoms with Gasteiger partial charge in [0, 0.05) is 37.1 Å². The lowest BCUT2D eigenvalue weighted by Crippen LogP contribution is -2.58. The summed E-state index contributed by atoms with van der Waals surface area (Å²) in [6, 6.07) is 13.1. The number of benzene rings is 2. The number of fused-ring (bicyclic) bond motifs is 1. The zero-order valence-electron chi connectivity index (χ0n) is 21.4. The summed E-state index contributed by atoms with van der Waals surface area (Å²) in [6.45, 7) is 6.16. The highest BCUT2D eigenvalue weighted by molar-refractivity contribution is 9.10. The van der Waals surface area contributed by atoms with E-state index in [4.69, 9.17) is 4.98 Å². The van der Waals surface area contributed by atoms with E-state index < -0.39 is 0 Å². The number of para-hydroxylation sites is 2. The molecular weight excluding hydrogens is 583 g/mol. The van der Waals surface area contributed by atoms with E-state index in [1.807, 2.05) is 39.1 Å². The molecule has 1 aliphatic heterocycles. The van der Waals surface area contributed by atoms with E-state index in [2.05, 4.69) is 50.0 Å². The van der Waals surface area contributed by atoms with Crippen LogP contribution in [0.2, 0.25) is 0 Å². The second-order valence-corrected chi connectivity index (χ2v) is 11.4. The molecule has 9 nitrogen and oxygen atoms in total. The van der Waals surface area contributed by atoms with Crippen molar-refractivity contribution in [3.63, 3.8) is 0 Å². The zero-order chi connectivity index (χ0) is 27.1. The first-order valence-corrected chi connectivity index (χ1v) is 14.4. The van der Waals surface area contributed by atoms with Crippen molar-refractivity contribution in [3.05, 3.63) is 75.5 Å². The molecule has 3 aromatic heterocycles. The largest absolute Gasteiger partial charge is 0.338 e. The Labute approximate surface area is 237 Å². The molecule has 0 aliphatic carbocycles. The van der Waals surface area contributed by atoms with Gasteiger partial charge in [-0.1, -0.05) is 23.4 Å². The number of nitrogens with zero attached hydrogens (tertiary/aromatic N) is 8. The molecule has 1 aliphatic rings. The van der Waals surface area contributed by atoms with Gasteiger partial charge in [0.05, 0.1) is 32.9 Å².